The molecule has 2 N–H and O–H groups in total. The van der Waals surface area contributed by atoms with Gasteiger partial charge in [-0.15, -0.1) is 0 Å². The Kier molecular flexibility index (Phi) is 5.48. The fourth-order valence-electron chi connectivity index (χ4n) is 6.99. The molecule has 3 unspecified atom stereocenters. The lowest BCUT2D eigenvalue weighted by Gasteiger charge is -2.50. The van der Waals surface area contributed by atoms with Gasteiger partial charge in [-0.25, -0.2) is 9.37 Å². The van der Waals surface area contributed by atoms with Crippen LogP contribution < -0.4 is 5.32 Å². The Morgan fingerprint density at radius 2 is 2.12 bits per heavy atom. The number of benzene rings is 1. The molecular weight excluding hydrogens is 405 g/mol. The average molecular weight is 436 g/mol. The van der Waals surface area contributed by atoms with Crippen molar-refractivity contribution in [2.24, 2.45) is 28.3 Å². The summed E-state index contributed by atoms with van der Waals surface area (Å²) in [6.07, 6.45) is 7.38. The minimum atomic E-state index is -0.426. The molecule has 2 saturated carbocycles. The van der Waals surface area contributed by atoms with Gasteiger partial charge in [0.25, 0.3) is 0 Å². The number of nitrogens with zero attached hydrogens (tertiary/aromatic N) is 2. The van der Waals surface area contributed by atoms with E-state index in [-0.39, 0.29) is 11.3 Å². The number of carbonyl (C=O) groups excluding carboxylic acids is 1. The summed E-state index contributed by atoms with van der Waals surface area (Å²) in [5.41, 5.74) is 3.79. The Balaban J connectivity index is 1.34. The van der Waals surface area contributed by atoms with Crippen molar-refractivity contribution in [1.29, 1.82) is 0 Å². The van der Waals surface area contributed by atoms with Crippen LogP contribution in [0.25, 0.3) is 0 Å². The van der Waals surface area contributed by atoms with Gasteiger partial charge in [0.05, 0.1) is 11.9 Å². The zero-order valence-corrected chi connectivity index (χ0v) is 18.4. The molecule has 32 heavy (non-hydrogen) atoms. The summed E-state index contributed by atoms with van der Waals surface area (Å²) >= 11 is 0. The number of oxime groups is 1. The van der Waals surface area contributed by atoms with Gasteiger partial charge in [0, 0.05) is 11.8 Å². The Labute approximate surface area is 188 Å². The van der Waals surface area contributed by atoms with Crippen LogP contribution in [0.5, 0.6) is 0 Å². The van der Waals surface area contributed by atoms with E-state index in [1.807, 2.05) is 0 Å². The first-order chi connectivity index (χ1) is 15.5. The normalized spacial score (nSPS) is 32.1. The number of aromatic nitrogens is 1. The van der Waals surface area contributed by atoms with Gasteiger partial charge < -0.3 is 10.5 Å². The lowest BCUT2D eigenvalue weighted by molar-refractivity contribution is -0.116. The molecule has 1 aromatic heterocycles. The minimum absolute atomic E-state index is 0.0954. The second-order valence-corrected chi connectivity index (χ2v) is 9.95. The molecule has 0 spiro atoms. The molecule has 0 radical (unpaired) electrons. The Morgan fingerprint density at radius 3 is 2.91 bits per heavy atom. The number of halogens is 1. The summed E-state index contributed by atoms with van der Waals surface area (Å²) in [5.74, 6) is 1.66. The van der Waals surface area contributed by atoms with Gasteiger partial charge in [0.2, 0.25) is 5.91 Å². The fraction of sp³-hybridized carbons (Fsp3) is 0.500. The largest absolute Gasteiger partial charge is 0.411 e. The predicted molar refractivity (Wildman–Crippen MR) is 121 cm³/mol. The van der Waals surface area contributed by atoms with Crippen LogP contribution in [0.4, 0.5) is 10.2 Å². The third-order valence-electron chi connectivity index (χ3n) is 8.37. The van der Waals surface area contributed by atoms with Gasteiger partial charge in [-0.2, -0.15) is 0 Å². The summed E-state index contributed by atoms with van der Waals surface area (Å²) in [7, 11) is 0. The van der Waals surface area contributed by atoms with Crippen molar-refractivity contribution < 1.29 is 14.4 Å². The molecule has 1 heterocycles. The summed E-state index contributed by atoms with van der Waals surface area (Å²) in [5, 5.41) is 16.3. The third-order valence-corrected chi connectivity index (χ3v) is 8.37. The van der Waals surface area contributed by atoms with Crippen molar-refractivity contribution in [2.75, 3.05) is 5.32 Å². The monoisotopic (exact) mass is 435 g/mol. The Morgan fingerprint density at radius 1 is 1.28 bits per heavy atom. The summed E-state index contributed by atoms with van der Waals surface area (Å²) in [6, 6.07) is 11.6. The second-order valence-electron chi connectivity index (χ2n) is 9.95. The first kappa shape index (κ1) is 21.1. The van der Waals surface area contributed by atoms with Crippen LogP contribution in [0, 0.1) is 29.0 Å². The van der Waals surface area contributed by atoms with E-state index in [2.05, 4.69) is 46.6 Å². The Bertz CT molecular complexity index is 1040. The number of hydrogen-bond acceptors (Lipinski definition) is 4. The van der Waals surface area contributed by atoms with E-state index >= 15 is 0 Å². The maximum atomic E-state index is 13.1. The molecule has 6 heteroatoms. The van der Waals surface area contributed by atoms with E-state index in [0.717, 1.165) is 50.4 Å². The van der Waals surface area contributed by atoms with Crippen LogP contribution in [0.1, 0.15) is 62.5 Å². The van der Waals surface area contributed by atoms with Crippen LogP contribution >= 0.6 is 0 Å². The number of aryl methyl sites for hydroxylation is 1. The molecule has 0 bridgehead atoms. The van der Waals surface area contributed by atoms with E-state index in [1.165, 1.54) is 23.3 Å². The van der Waals surface area contributed by atoms with Gasteiger partial charge in [-0.05, 0) is 85.5 Å². The van der Waals surface area contributed by atoms with Crippen LogP contribution in [0.3, 0.4) is 0 Å². The van der Waals surface area contributed by atoms with Gasteiger partial charge in [0.15, 0.2) is 0 Å². The van der Waals surface area contributed by atoms with E-state index in [9.17, 15) is 14.4 Å². The Hall–Kier alpha value is -2.76. The zero-order chi connectivity index (χ0) is 22.3. The van der Waals surface area contributed by atoms with Gasteiger partial charge in [-0.1, -0.05) is 36.3 Å². The molecule has 3 aliphatic carbocycles. The van der Waals surface area contributed by atoms with Crippen LogP contribution in [-0.4, -0.2) is 21.8 Å². The van der Waals surface area contributed by atoms with Crippen LogP contribution in [0.2, 0.25) is 0 Å². The smallest absolute Gasteiger partial charge is 0.225 e. The molecule has 168 valence electrons. The van der Waals surface area contributed by atoms with Crippen molar-refractivity contribution in [1.82, 2.24) is 4.98 Å². The predicted octanol–water partition coefficient (Wildman–Crippen LogP) is 5.55. The number of pyridine rings is 1. The van der Waals surface area contributed by atoms with Gasteiger partial charge in [-0.3, -0.25) is 4.79 Å². The fourth-order valence-corrected chi connectivity index (χ4v) is 6.99. The quantitative estimate of drug-likeness (QED) is 0.488. The molecule has 3 aliphatic rings. The van der Waals surface area contributed by atoms with Crippen molar-refractivity contribution in [3.8, 4) is 0 Å². The van der Waals surface area contributed by atoms with Crippen LogP contribution in [0.15, 0.2) is 47.8 Å². The number of amides is 1. The lowest BCUT2D eigenvalue weighted by atomic mass is 9.54. The molecule has 5 nitrogen and oxygen atoms in total. The minimum Gasteiger partial charge on any atom is -0.411 e. The lowest BCUT2D eigenvalue weighted by Crippen LogP contribution is -2.44. The number of anilines is 1. The van der Waals surface area contributed by atoms with Crippen LogP contribution in [-0.2, 0) is 11.2 Å². The number of rotatable bonds is 4. The molecule has 2 aromatic rings. The SMILES string of the molecule is C[C@]12CCC3c4ccccc4CCC3C1[C@H](CCC(=O)Nc1ccc(F)cn1)C/C2=N\O. The van der Waals surface area contributed by atoms with Gasteiger partial charge in [0.1, 0.15) is 11.6 Å². The van der Waals surface area contributed by atoms with Crippen molar-refractivity contribution in [3.63, 3.8) is 0 Å². The molecule has 1 aromatic carbocycles. The van der Waals surface area contributed by atoms with E-state index in [1.54, 1.807) is 0 Å². The molecule has 5 atom stereocenters. The van der Waals surface area contributed by atoms with Crippen molar-refractivity contribution >= 4 is 17.4 Å². The highest BCUT2D eigenvalue weighted by Gasteiger charge is 2.57. The standard InChI is InChI=1S/C26H30FN3O2/c1-26-13-12-20-19-5-3-2-4-16(19)6-9-21(20)25(26)17(14-22(26)30-32)7-11-24(31)29-23-10-8-18(27)15-28-23/h2-5,8,10,15,17,20-21,25,32H,6-7,9,11-14H2,1H3,(H,28,29,31)/b30-22+/t17-,20?,21?,25?,26-/m1/s1. The maximum Gasteiger partial charge on any atom is 0.225 e. The number of carbonyl (C=O) groups is 1. The number of nitrogens with one attached hydrogen (secondary N) is 1. The molecule has 0 saturated heterocycles. The van der Waals surface area contributed by atoms with E-state index < -0.39 is 5.82 Å². The molecule has 1 amide bonds. The number of fused-ring (bicyclic) bond motifs is 5. The molecule has 5 rings (SSSR count). The molecule has 0 aliphatic heterocycles. The first-order valence-corrected chi connectivity index (χ1v) is 11.7. The zero-order valence-electron chi connectivity index (χ0n) is 18.4. The van der Waals surface area contributed by atoms with Gasteiger partial charge >= 0.3 is 0 Å². The molecule has 2 fully saturated rings. The van der Waals surface area contributed by atoms with Crippen molar-refractivity contribution in [2.45, 2.75) is 57.8 Å². The summed E-state index contributed by atoms with van der Waals surface area (Å²) in [4.78, 5) is 16.5. The maximum absolute atomic E-state index is 13.1. The van der Waals surface area contributed by atoms with E-state index in [4.69, 9.17) is 0 Å². The number of hydrogen-bond donors (Lipinski definition) is 2. The average Bonchev–Trinajstić information content (AvgIpc) is 3.10. The second kappa shape index (κ2) is 8.30. The van der Waals surface area contributed by atoms with Crippen molar-refractivity contribution in [3.05, 3.63) is 59.5 Å². The van der Waals surface area contributed by atoms with E-state index in [0.29, 0.717) is 35.9 Å². The highest BCUT2D eigenvalue weighted by molar-refractivity contribution is 5.93. The molecular formula is C26H30FN3O2. The topological polar surface area (TPSA) is 74.6 Å². The summed E-state index contributed by atoms with van der Waals surface area (Å²) < 4.78 is 13.1. The highest BCUT2D eigenvalue weighted by Crippen LogP contribution is 2.62. The highest BCUT2D eigenvalue weighted by atomic mass is 19.1. The summed E-state index contributed by atoms with van der Waals surface area (Å²) in [6.45, 7) is 2.27. The third kappa shape index (κ3) is 3.59. The first-order valence-electron chi connectivity index (χ1n) is 11.7.